The third kappa shape index (κ3) is 6.05. The van der Waals surface area contributed by atoms with E-state index in [4.69, 9.17) is 0 Å². The largest absolute Gasteiger partial charge is 0.450 e. The third-order valence-corrected chi connectivity index (χ3v) is 1.88. The lowest BCUT2D eigenvalue weighted by Gasteiger charge is -2.07. The fraction of sp³-hybridized carbons (Fsp3) is 0.400. The number of nitrogens with one attached hydrogen (secondary N) is 4. The van der Waals surface area contributed by atoms with Gasteiger partial charge in [-0.3, -0.25) is 10.1 Å². The standard InChI is InChI=1S/C10H15N5O4/c1-2-19-10(18)12-6-5-11-9(17)13-7-3-4-8(16)15-14-7/h3-4H,2,5-6H2,1H3,(H,12,18)(H,15,16)(H2,11,13,14,17). The van der Waals surface area contributed by atoms with E-state index >= 15 is 0 Å². The van der Waals surface area contributed by atoms with Crippen LogP contribution >= 0.6 is 0 Å². The maximum atomic E-state index is 11.4. The molecule has 3 amide bonds. The van der Waals surface area contributed by atoms with Crippen LogP contribution in [0.15, 0.2) is 16.9 Å². The molecular weight excluding hydrogens is 254 g/mol. The molecule has 0 bridgehead atoms. The molecule has 9 nitrogen and oxygen atoms in total. The molecule has 1 aromatic rings. The Bertz CT molecular complexity index is 467. The maximum Gasteiger partial charge on any atom is 0.407 e. The molecule has 0 saturated carbocycles. The van der Waals surface area contributed by atoms with Gasteiger partial charge in [0.05, 0.1) is 6.61 Å². The van der Waals surface area contributed by atoms with Crippen LogP contribution in [0.2, 0.25) is 0 Å². The van der Waals surface area contributed by atoms with Crippen LogP contribution in [0, 0.1) is 0 Å². The van der Waals surface area contributed by atoms with Gasteiger partial charge in [-0.1, -0.05) is 0 Å². The number of rotatable bonds is 5. The lowest BCUT2D eigenvalue weighted by atomic mass is 10.5. The Morgan fingerprint density at radius 2 is 2.05 bits per heavy atom. The number of amides is 3. The average Bonchev–Trinajstić information content (AvgIpc) is 2.38. The fourth-order valence-electron chi connectivity index (χ4n) is 1.10. The zero-order valence-corrected chi connectivity index (χ0v) is 10.4. The number of carbonyl (C=O) groups excluding carboxylic acids is 2. The first-order chi connectivity index (χ1) is 9.11. The van der Waals surface area contributed by atoms with Crippen LogP contribution in [-0.4, -0.2) is 42.0 Å². The Morgan fingerprint density at radius 1 is 1.32 bits per heavy atom. The number of anilines is 1. The highest BCUT2D eigenvalue weighted by atomic mass is 16.5. The van der Waals surface area contributed by atoms with Gasteiger partial charge < -0.3 is 15.4 Å². The lowest BCUT2D eigenvalue weighted by Crippen LogP contribution is -2.37. The Kier molecular flexibility index (Phi) is 5.86. The molecule has 0 radical (unpaired) electrons. The van der Waals surface area contributed by atoms with E-state index in [1.165, 1.54) is 12.1 Å². The van der Waals surface area contributed by atoms with E-state index in [2.05, 4.69) is 30.9 Å². The van der Waals surface area contributed by atoms with Crippen molar-refractivity contribution in [3.05, 3.63) is 22.5 Å². The fourth-order valence-corrected chi connectivity index (χ4v) is 1.10. The summed E-state index contributed by atoms with van der Waals surface area (Å²) < 4.78 is 4.63. The van der Waals surface area contributed by atoms with Gasteiger partial charge in [-0.15, -0.1) is 0 Å². The second-order valence-corrected chi connectivity index (χ2v) is 3.33. The summed E-state index contributed by atoms with van der Waals surface area (Å²) in [6, 6.07) is 2.12. The van der Waals surface area contributed by atoms with E-state index < -0.39 is 12.1 Å². The van der Waals surface area contributed by atoms with Crippen molar-refractivity contribution in [1.29, 1.82) is 0 Å². The summed E-state index contributed by atoms with van der Waals surface area (Å²) in [5.74, 6) is 0.218. The number of urea groups is 1. The second kappa shape index (κ2) is 7.69. The van der Waals surface area contributed by atoms with E-state index in [0.717, 1.165) is 0 Å². The molecule has 0 unspecified atom stereocenters. The van der Waals surface area contributed by atoms with Crippen LogP contribution < -0.4 is 21.5 Å². The van der Waals surface area contributed by atoms with Crippen LogP contribution in [-0.2, 0) is 4.74 Å². The molecule has 0 aromatic carbocycles. The molecule has 0 fully saturated rings. The maximum absolute atomic E-state index is 11.4. The van der Waals surface area contributed by atoms with Gasteiger partial charge in [-0.05, 0) is 13.0 Å². The summed E-state index contributed by atoms with van der Waals surface area (Å²) in [6.45, 7) is 2.46. The number of aromatic amines is 1. The van der Waals surface area contributed by atoms with Gasteiger partial charge in [0.1, 0.15) is 0 Å². The molecule has 0 atom stereocenters. The molecule has 104 valence electrons. The van der Waals surface area contributed by atoms with Gasteiger partial charge in [-0.25, -0.2) is 14.7 Å². The highest BCUT2D eigenvalue weighted by Crippen LogP contribution is 1.94. The Labute approximate surface area is 108 Å². The van der Waals surface area contributed by atoms with Crippen LogP contribution in [0.4, 0.5) is 15.4 Å². The van der Waals surface area contributed by atoms with Crippen LogP contribution in [0.1, 0.15) is 6.92 Å². The number of hydrogen-bond acceptors (Lipinski definition) is 5. The van der Waals surface area contributed by atoms with Crippen molar-refractivity contribution in [2.45, 2.75) is 6.92 Å². The molecule has 1 rings (SSSR count). The lowest BCUT2D eigenvalue weighted by molar-refractivity contribution is 0.152. The molecular formula is C10H15N5O4. The van der Waals surface area contributed by atoms with Crippen molar-refractivity contribution in [1.82, 2.24) is 20.8 Å². The predicted molar refractivity (Wildman–Crippen MR) is 66.9 cm³/mol. The molecule has 1 aromatic heterocycles. The molecule has 9 heteroatoms. The van der Waals surface area contributed by atoms with E-state index in [0.29, 0.717) is 0 Å². The predicted octanol–water partition coefficient (Wildman–Crippen LogP) is -0.362. The topological polar surface area (TPSA) is 125 Å². The van der Waals surface area contributed by atoms with E-state index in [1.54, 1.807) is 6.92 Å². The second-order valence-electron chi connectivity index (χ2n) is 3.33. The summed E-state index contributed by atoms with van der Waals surface area (Å²) in [5, 5.41) is 13.1. The Hall–Kier alpha value is -2.58. The van der Waals surface area contributed by atoms with Crippen molar-refractivity contribution >= 4 is 17.9 Å². The highest BCUT2D eigenvalue weighted by Gasteiger charge is 2.03. The first-order valence-electron chi connectivity index (χ1n) is 5.63. The van der Waals surface area contributed by atoms with Crippen molar-refractivity contribution in [2.24, 2.45) is 0 Å². The van der Waals surface area contributed by atoms with Gasteiger partial charge >= 0.3 is 12.1 Å². The van der Waals surface area contributed by atoms with Gasteiger partial charge in [0.15, 0.2) is 5.82 Å². The minimum atomic E-state index is -0.535. The van der Waals surface area contributed by atoms with Gasteiger partial charge in [0.25, 0.3) is 5.56 Å². The molecule has 0 spiro atoms. The average molecular weight is 269 g/mol. The summed E-state index contributed by atoms with van der Waals surface area (Å²) in [6.07, 6.45) is -0.535. The summed E-state index contributed by atoms with van der Waals surface area (Å²) in [7, 11) is 0. The SMILES string of the molecule is CCOC(=O)NCCNC(=O)Nc1ccc(=O)[nH]n1. The normalized spacial score (nSPS) is 9.53. The first-order valence-corrected chi connectivity index (χ1v) is 5.63. The van der Waals surface area contributed by atoms with E-state index in [-0.39, 0.29) is 31.1 Å². The highest BCUT2D eigenvalue weighted by molar-refractivity contribution is 5.88. The first kappa shape index (κ1) is 14.5. The molecule has 19 heavy (non-hydrogen) atoms. The number of carbonyl (C=O) groups is 2. The smallest absolute Gasteiger partial charge is 0.407 e. The van der Waals surface area contributed by atoms with E-state index in [9.17, 15) is 14.4 Å². The number of alkyl carbamates (subject to hydrolysis) is 1. The minimum absolute atomic E-state index is 0.218. The van der Waals surface area contributed by atoms with Crippen LogP contribution in [0.5, 0.6) is 0 Å². The number of nitrogens with zero attached hydrogens (tertiary/aromatic N) is 1. The zero-order chi connectivity index (χ0) is 14.1. The number of H-pyrrole nitrogens is 1. The monoisotopic (exact) mass is 269 g/mol. The van der Waals surface area contributed by atoms with Crippen molar-refractivity contribution in [3.63, 3.8) is 0 Å². The summed E-state index contributed by atoms with van der Waals surface area (Å²) in [5.41, 5.74) is -0.357. The molecule has 0 saturated heterocycles. The Morgan fingerprint density at radius 3 is 2.68 bits per heavy atom. The van der Waals surface area contributed by atoms with Gasteiger partial charge in [0.2, 0.25) is 0 Å². The molecule has 0 aliphatic heterocycles. The van der Waals surface area contributed by atoms with Crippen molar-refractivity contribution in [2.75, 3.05) is 25.0 Å². The van der Waals surface area contributed by atoms with Gasteiger partial charge in [-0.2, -0.15) is 5.10 Å². The number of hydrogen-bond donors (Lipinski definition) is 4. The molecule has 0 aliphatic rings. The third-order valence-electron chi connectivity index (χ3n) is 1.88. The van der Waals surface area contributed by atoms with Crippen LogP contribution in [0.25, 0.3) is 0 Å². The van der Waals surface area contributed by atoms with Gasteiger partial charge in [0, 0.05) is 19.2 Å². The molecule has 0 aliphatic carbocycles. The van der Waals surface area contributed by atoms with Crippen molar-refractivity contribution < 1.29 is 14.3 Å². The molecule has 1 heterocycles. The zero-order valence-electron chi connectivity index (χ0n) is 10.4. The quantitative estimate of drug-likeness (QED) is 0.543. The summed E-state index contributed by atoms with van der Waals surface area (Å²) in [4.78, 5) is 33.0. The number of aromatic nitrogens is 2. The summed E-state index contributed by atoms with van der Waals surface area (Å²) >= 11 is 0. The van der Waals surface area contributed by atoms with Crippen LogP contribution in [0.3, 0.4) is 0 Å². The Balaban J connectivity index is 2.19. The minimum Gasteiger partial charge on any atom is -0.450 e. The van der Waals surface area contributed by atoms with Crippen molar-refractivity contribution in [3.8, 4) is 0 Å². The molecule has 4 N–H and O–H groups in total. The number of ether oxygens (including phenoxy) is 1. The van der Waals surface area contributed by atoms with E-state index in [1.807, 2.05) is 0 Å².